The van der Waals surface area contributed by atoms with Crippen molar-refractivity contribution in [2.24, 2.45) is 0 Å². The van der Waals surface area contributed by atoms with E-state index in [9.17, 15) is 14.4 Å². The Hall–Kier alpha value is -3.67. The van der Waals surface area contributed by atoms with Crippen LogP contribution in [0.4, 0.5) is 0 Å². The van der Waals surface area contributed by atoms with Crippen molar-refractivity contribution in [3.05, 3.63) is 97.2 Å². The highest BCUT2D eigenvalue weighted by atomic mass is 16.6. The Morgan fingerprint density at radius 1 is 0.361 bits per heavy atom. The van der Waals surface area contributed by atoms with E-state index in [0.29, 0.717) is 12.8 Å². The van der Waals surface area contributed by atoms with E-state index >= 15 is 0 Å². The van der Waals surface area contributed by atoms with Crippen molar-refractivity contribution in [1.82, 2.24) is 0 Å². The van der Waals surface area contributed by atoms with E-state index in [-0.39, 0.29) is 44.0 Å². The van der Waals surface area contributed by atoms with E-state index in [4.69, 9.17) is 14.2 Å². The first-order valence-corrected chi connectivity index (χ1v) is 24.8. The third-order valence-corrected chi connectivity index (χ3v) is 10.2. The third-order valence-electron chi connectivity index (χ3n) is 10.2. The van der Waals surface area contributed by atoms with Crippen molar-refractivity contribution >= 4 is 17.9 Å². The predicted octanol–water partition coefficient (Wildman–Crippen LogP) is 16.2. The second kappa shape index (κ2) is 49.0. The first-order chi connectivity index (χ1) is 30.0. The molecule has 6 heteroatoms. The molecule has 0 N–H and O–H groups in total. The molecule has 0 aliphatic carbocycles. The second-order valence-corrected chi connectivity index (χ2v) is 16.1. The molecule has 346 valence electrons. The second-order valence-electron chi connectivity index (χ2n) is 16.1. The van der Waals surface area contributed by atoms with Crippen molar-refractivity contribution in [3.63, 3.8) is 0 Å². The molecule has 0 aromatic heterocycles. The van der Waals surface area contributed by atoms with Crippen molar-refractivity contribution in [2.75, 3.05) is 13.2 Å². The summed E-state index contributed by atoms with van der Waals surface area (Å²) in [5, 5.41) is 0. The van der Waals surface area contributed by atoms with Crippen LogP contribution in [0.25, 0.3) is 0 Å². The van der Waals surface area contributed by atoms with E-state index in [1.54, 1.807) is 0 Å². The van der Waals surface area contributed by atoms with Crippen molar-refractivity contribution in [3.8, 4) is 0 Å². The monoisotopic (exact) mass is 847 g/mol. The van der Waals surface area contributed by atoms with Gasteiger partial charge in [0.1, 0.15) is 13.2 Å². The highest BCUT2D eigenvalue weighted by Crippen LogP contribution is 2.14. The minimum Gasteiger partial charge on any atom is -0.462 e. The number of esters is 3. The number of ether oxygens (including phenoxy) is 3. The van der Waals surface area contributed by atoms with Gasteiger partial charge in [-0.3, -0.25) is 14.4 Å². The van der Waals surface area contributed by atoms with E-state index in [1.165, 1.54) is 77.0 Å². The first kappa shape index (κ1) is 57.3. The van der Waals surface area contributed by atoms with Gasteiger partial charge in [0.25, 0.3) is 0 Å². The minimum absolute atomic E-state index is 0.104. The van der Waals surface area contributed by atoms with E-state index in [0.717, 1.165) is 89.9 Å². The summed E-state index contributed by atoms with van der Waals surface area (Å²) >= 11 is 0. The molecule has 0 amide bonds. The normalized spacial score (nSPS) is 12.9. The molecule has 0 aliphatic rings. The van der Waals surface area contributed by atoms with Gasteiger partial charge in [-0.25, -0.2) is 0 Å². The lowest BCUT2D eigenvalue weighted by Crippen LogP contribution is -2.30. The van der Waals surface area contributed by atoms with E-state index in [1.807, 2.05) is 24.3 Å². The molecule has 0 fully saturated rings. The Kier molecular flexibility index (Phi) is 46.0. The molecule has 0 heterocycles. The van der Waals surface area contributed by atoms with Gasteiger partial charge in [0.15, 0.2) is 6.10 Å². The van der Waals surface area contributed by atoms with Gasteiger partial charge in [-0.05, 0) is 77.0 Å². The van der Waals surface area contributed by atoms with Gasteiger partial charge in [-0.2, -0.15) is 0 Å². The maximum atomic E-state index is 12.8. The van der Waals surface area contributed by atoms with E-state index in [2.05, 4.69) is 93.7 Å². The molecule has 0 aromatic carbocycles. The molecule has 6 nitrogen and oxygen atoms in total. The highest BCUT2D eigenvalue weighted by Gasteiger charge is 2.19. The molecule has 0 saturated carbocycles. The lowest BCUT2D eigenvalue weighted by atomic mass is 10.1. The van der Waals surface area contributed by atoms with Crippen molar-refractivity contribution in [2.45, 2.75) is 219 Å². The smallest absolute Gasteiger partial charge is 0.306 e. The standard InChI is InChI=1S/C55H90O6/c1-4-7-10-13-16-19-22-24-26-27-29-30-33-36-39-42-45-48-54(57)60-51-52(50-59-53(56)47-44-41-38-35-32-21-18-15-12-9-6-3)61-55(58)49-46-43-40-37-34-31-28-25-23-20-17-14-11-8-5-2/h8,11,14,16-17,19-20,23-26,28-30,36,39,52H,4-7,9-10,12-13,15,18,21-22,27,31-35,37-38,40-51H2,1-3H3/b11-8-,17-14-,19-16-,23-20-,26-24-,28-25-,30-29-,39-36-. The average Bonchev–Trinajstić information content (AvgIpc) is 3.26. The van der Waals surface area contributed by atoms with Crippen LogP contribution in [0.1, 0.15) is 213 Å². The fourth-order valence-corrected chi connectivity index (χ4v) is 6.44. The number of carbonyl (C=O) groups excluding carboxylic acids is 3. The summed E-state index contributed by atoms with van der Waals surface area (Å²) in [6.45, 7) is 6.38. The summed E-state index contributed by atoms with van der Waals surface area (Å²) in [5.74, 6) is -0.992. The van der Waals surface area contributed by atoms with Crippen LogP contribution in [-0.4, -0.2) is 37.2 Å². The van der Waals surface area contributed by atoms with Gasteiger partial charge < -0.3 is 14.2 Å². The predicted molar refractivity (Wildman–Crippen MR) is 260 cm³/mol. The van der Waals surface area contributed by atoms with Crippen LogP contribution in [0.5, 0.6) is 0 Å². The van der Waals surface area contributed by atoms with Crippen LogP contribution in [-0.2, 0) is 28.6 Å². The number of rotatable bonds is 43. The Labute approximate surface area is 375 Å². The zero-order chi connectivity index (χ0) is 44.4. The SMILES string of the molecule is CC\C=C/C=C\C=C/C=C\CCCCCCCC(=O)OC(COC(=O)CCC/C=C\C/C=C\C/C=C\C/C=C\CCCCC)COC(=O)CCCCCCCCCCCCC. The highest BCUT2D eigenvalue weighted by molar-refractivity contribution is 5.71. The summed E-state index contributed by atoms with van der Waals surface area (Å²) in [5.41, 5.74) is 0. The topological polar surface area (TPSA) is 78.9 Å². The molecule has 1 atom stereocenters. The number of hydrogen-bond acceptors (Lipinski definition) is 6. The first-order valence-electron chi connectivity index (χ1n) is 24.8. The number of allylic oxidation sites excluding steroid dienone is 16. The molecule has 0 radical (unpaired) electrons. The summed E-state index contributed by atoms with van der Waals surface area (Å²) in [4.78, 5) is 37.9. The Morgan fingerprint density at radius 3 is 1.25 bits per heavy atom. The van der Waals surface area contributed by atoms with Gasteiger partial charge in [0, 0.05) is 19.3 Å². The maximum absolute atomic E-state index is 12.8. The molecule has 0 aliphatic heterocycles. The molecule has 0 aromatic rings. The number of hydrogen-bond donors (Lipinski definition) is 0. The number of unbranched alkanes of at least 4 members (excludes halogenated alkanes) is 19. The molecule has 0 spiro atoms. The lowest BCUT2D eigenvalue weighted by Gasteiger charge is -2.18. The summed E-state index contributed by atoms with van der Waals surface area (Å²) in [7, 11) is 0. The summed E-state index contributed by atoms with van der Waals surface area (Å²) in [6, 6.07) is 0. The molecular weight excluding hydrogens is 757 g/mol. The van der Waals surface area contributed by atoms with E-state index < -0.39 is 6.10 Å². The molecule has 0 saturated heterocycles. The summed E-state index contributed by atoms with van der Waals surface area (Å²) in [6.07, 6.45) is 63.9. The maximum Gasteiger partial charge on any atom is 0.306 e. The van der Waals surface area contributed by atoms with Crippen molar-refractivity contribution < 1.29 is 28.6 Å². The van der Waals surface area contributed by atoms with Gasteiger partial charge in [0.2, 0.25) is 0 Å². The van der Waals surface area contributed by atoms with Crippen LogP contribution >= 0.6 is 0 Å². The number of carbonyl (C=O) groups is 3. The Morgan fingerprint density at radius 2 is 0.721 bits per heavy atom. The van der Waals surface area contributed by atoms with Crippen LogP contribution in [0, 0.1) is 0 Å². The van der Waals surface area contributed by atoms with Crippen LogP contribution in [0.15, 0.2) is 97.2 Å². The molecule has 61 heavy (non-hydrogen) atoms. The Balaban J connectivity index is 4.52. The van der Waals surface area contributed by atoms with Gasteiger partial charge >= 0.3 is 17.9 Å². The quantitative estimate of drug-likeness (QED) is 0.0200. The fourth-order valence-electron chi connectivity index (χ4n) is 6.44. The molecule has 0 rings (SSSR count). The van der Waals surface area contributed by atoms with Gasteiger partial charge in [0.05, 0.1) is 0 Å². The van der Waals surface area contributed by atoms with Gasteiger partial charge in [-0.1, -0.05) is 214 Å². The van der Waals surface area contributed by atoms with Gasteiger partial charge in [-0.15, -0.1) is 0 Å². The van der Waals surface area contributed by atoms with Crippen LogP contribution in [0.3, 0.4) is 0 Å². The molecular formula is C55H90O6. The third kappa shape index (κ3) is 47.2. The zero-order valence-corrected chi connectivity index (χ0v) is 39.4. The molecule has 0 bridgehead atoms. The largest absolute Gasteiger partial charge is 0.462 e. The average molecular weight is 847 g/mol. The van der Waals surface area contributed by atoms with Crippen molar-refractivity contribution in [1.29, 1.82) is 0 Å². The van der Waals surface area contributed by atoms with Crippen LogP contribution in [0.2, 0.25) is 0 Å². The zero-order valence-electron chi connectivity index (χ0n) is 39.4. The fraction of sp³-hybridized carbons (Fsp3) is 0.655. The molecule has 1 unspecified atom stereocenters. The minimum atomic E-state index is -0.810. The Bertz CT molecular complexity index is 1250. The summed E-state index contributed by atoms with van der Waals surface area (Å²) < 4.78 is 16.7. The van der Waals surface area contributed by atoms with Crippen LogP contribution < -0.4 is 0 Å². The lowest BCUT2D eigenvalue weighted by molar-refractivity contribution is -0.167.